The minimum Gasteiger partial charge on any atom is -0.444 e. The molecule has 0 saturated carbocycles. The molecule has 1 aliphatic heterocycles. The standard InChI is InChI=1S/C14H23N3O3S/c1-9-7-16-10(11(18)12-15-5-6-21-12)8-17(9)13(19)20-14(2,3)4/h5-6,9-11,16,18H,7-8H2,1-4H3. The van der Waals surface area contributed by atoms with Gasteiger partial charge in [0.1, 0.15) is 16.7 Å². The van der Waals surface area contributed by atoms with Gasteiger partial charge in [-0.2, -0.15) is 0 Å². The molecule has 2 N–H and O–H groups in total. The molecule has 1 amide bonds. The second-order valence-corrected chi connectivity index (χ2v) is 7.24. The molecule has 0 aromatic carbocycles. The fourth-order valence-corrected chi connectivity index (χ4v) is 2.91. The van der Waals surface area contributed by atoms with E-state index >= 15 is 0 Å². The molecule has 21 heavy (non-hydrogen) atoms. The lowest BCUT2D eigenvalue weighted by Gasteiger charge is -2.40. The number of carbonyl (C=O) groups is 1. The zero-order chi connectivity index (χ0) is 15.6. The van der Waals surface area contributed by atoms with Gasteiger partial charge >= 0.3 is 6.09 Å². The van der Waals surface area contributed by atoms with Crippen LogP contribution in [0.3, 0.4) is 0 Å². The highest BCUT2D eigenvalue weighted by Gasteiger charge is 2.35. The number of aliphatic hydroxyl groups excluding tert-OH is 1. The molecule has 0 radical (unpaired) electrons. The summed E-state index contributed by atoms with van der Waals surface area (Å²) in [6.07, 6.45) is 0.607. The van der Waals surface area contributed by atoms with Gasteiger partial charge in [-0.3, -0.25) is 0 Å². The van der Waals surface area contributed by atoms with E-state index in [1.165, 1.54) is 11.3 Å². The van der Waals surface area contributed by atoms with E-state index in [0.29, 0.717) is 18.1 Å². The minimum absolute atomic E-state index is 0.0274. The summed E-state index contributed by atoms with van der Waals surface area (Å²) in [6, 6.07) is -0.209. The van der Waals surface area contributed by atoms with E-state index in [2.05, 4.69) is 10.3 Å². The van der Waals surface area contributed by atoms with Crippen molar-refractivity contribution in [1.82, 2.24) is 15.2 Å². The van der Waals surface area contributed by atoms with Gasteiger partial charge in [0, 0.05) is 30.7 Å². The highest BCUT2D eigenvalue weighted by atomic mass is 32.1. The molecule has 7 heteroatoms. The molecule has 3 atom stereocenters. The third kappa shape index (κ3) is 4.15. The fraction of sp³-hybridized carbons (Fsp3) is 0.714. The van der Waals surface area contributed by atoms with E-state index < -0.39 is 11.7 Å². The highest BCUT2D eigenvalue weighted by Crippen LogP contribution is 2.23. The Labute approximate surface area is 129 Å². The third-order valence-electron chi connectivity index (χ3n) is 3.31. The number of ether oxygens (including phenoxy) is 1. The molecule has 118 valence electrons. The van der Waals surface area contributed by atoms with Gasteiger partial charge in [0.25, 0.3) is 0 Å². The summed E-state index contributed by atoms with van der Waals surface area (Å²) in [7, 11) is 0. The maximum atomic E-state index is 12.3. The third-order valence-corrected chi connectivity index (χ3v) is 4.16. The second kappa shape index (κ2) is 6.29. The molecule has 1 aliphatic rings. The van der Waals surface area contributed by atoms with Crippen molar-refractivity contribution >= 4 is 17.4 Å². The molecule has 2 heterocycles. The number of rotatable bonds is 2. The van der Waals surface area contributed by atoms with Crippen LogP contribution in [-0.2, 0) is 4.74 Å². The topological polar surface area (TPSA) is 74.7 Å². The number of aliphatic hydroxyl groups is 1. The van der Waals surface area contributed by atoms with E-state index in [1.807, 2.05) is 33.1 Å². The first kappa shape index (κ1) is 16.2. The number of hydrogen-bond donors (Lipinski definition) is 2. The second-order valence-electron chi connectivity index (χ2n) is 6.31. The first-order valence-electron chi connectivity index (χ1n) is 7.08. The molecule has 1 saturated heterocycles. The molecule has 0 aliphatic carbocycles. The van der Waals surface area contributed by atoms with Gasteiger partial charge in [0.05, 0.1) is 6.04 Å². The van der Waals surface area contributed by atoms with Gasteiger partial charge < -0.3 is 20.1 Å². The Balaban J connectivity index is 2.04. The van der Waals surface area contributed by atoms with Crippen molar-refractivity contribution in [3.8, 4) is 0 Å². The predicted octanol–water partition coefficient (Wildman–Crippen LogP) is 1.77. The van der Waals surface area contributed by atoms with Crippen LogP contribution in [0.5, 0.6) is 0 Å². The van der Waals surface area contributed by atoms with Crippen LogP contribution >= 0.6 is 11.3 Å². The first-order chi connectivity index (χ1) is 9.78. The van der Waals surface area contributed by atoms with Gasteiger partial charge in [0.2, 0.25) is 0 Å². The van der Waals surface area contributed by atoms with Gasteiger partial charge in [-0.15, -0.1) is 11.3 Å². The average molecular weight is 313 g/mol. The van der Waals surface area contributed by atoms with Crippen molar-refractivity contribution in [3.05, 3.63) is 16.6 Å². The van der Waals surface area contributed by atoms with Crippen molar-refractivity contribution in [1.29, 1.82) is 0 Å². The van der Waals surface area contributed by atoms with Gasteiger partial charge in [-0.05, 0) is 27.7 Å². The molecule has 6 nitrogen and oxygen atoms in total. The van der Waals surface area contributed by atoms with Crippen LogP contribution in [0, 0.1) is 0 Å². The van der Waals surface area contributed by atoms with E-state index in [0.717, 1.165) is 0 Å². The smallest absolute Gasteiger partial charge is 0.410 e. The lowest BCUT2D eigenvalue weighted by molar-refractivity contribution is -0.000731. The summed E-state index contributed by atoms with van der Waals surface area (Å²) in [4.78, 5) is 18.1. The van der Waals surface area contributed by atoms with Crippen LogP contribution < -0.4 is 5.32 Å². The summed E-state index contributed by atoms with van der Waals surface area (Å²) in [6.45, 7) is 8.52. The average Bonchev–Trinajstić information content (AvgIpc) is 2.90. The van der Waals surface area contributed by atoms with E-state index in [1.54, 1.807) is 11.1 Å². The monoisotopic (exact) mass is 313 g/mol. The number of carbonyl (C=O) groups excluding carboxylic acids is 1. The minimum atomic E-state index is -0.720. The Hall–Kier alpha value is -1.18. The summed E-state index contributed by atoms with van der Waals surface area (Å²) in [5, 5.41) is 16.1. The Bertz CT molecular complexity index is 472. The lowest BCUT2D eigenvalue weighted by Crippen LogP contribution is -2.59. The van der Waals surface area contributed by atoms with Gasteiger partial charge in [0.15, 0.2) is 0 Å². The summed E-state index contributed by atoms with van der Waals surface area (Å²) < 4.78 is 5.43. The summed E-state index contributed by atoms with van der Waals surface area (Å²) in [5.41, 5.74) is -0.523. The van der Waals surface area contributed by atoms with E-state index in [4.69, 9.17) is 4.74 Å². The first-order valence-corrected chi connectivity index (χ1v) is 7.96. The van der Waals surface area contributed by atoms with Crippen molar-refractivity contribution in [2.45, 2.75) is 51.5 Å². The molecular weight excluding hydrogens is 290 g/mol. The molecule has 0 spiro atoms. The molecule has 3 unspecified atom stereocenters. The normalized spacial score (nSPS) is 24.7. The Morgan fingerprint density at radius 2 is 2.33 bits per heavy atom. The number of piperazine rings is 1. The fourth-order valence-electron chi connectivity index (χ4n) is 2.23. The van der Waals surface area contributed by atoms with Gasteiger partial charge in [-0.25, -0.2) is 9.78 Å². The van der Waals surface area contributed by atoms with Crippen LogP contribution in [0.25, 0.3) is 0 Å². The summed E-state index contributed by atoms with van der Waals surface area (Å²) >= 11 is 1.41. The van der Waals surface area contributed by atoms with Crippen LogP contribution in [0.15, 0.2) is 11.6 Å². The Morgan fingerprint density at radius 1 is 1.62 bits per heavy atom. The molecular formula is C14H23N3O3S. The van der Waals surface area contributed by atoms with Crippen molar-refractivity contribution in [2.75, 3.05) is 13.1 Å². The largest absolute Gasteiger partial charge is 0.444 e. The van der Waals surface area contributed by atoms with Crippen LogP contribution in [0.4, 0.5) is 4.79 Å². The summed E-state index contributed by atoms with van der Waals surface area (Å²) in [5.74, 6) is 0. The molecule has 2 rings (SSSR count). The number of nitrogens with zero attached hydrogens (tertiary/aromatic N) is 2. The van der Waals surface area contributed by atoms with Crippen molar-refractivity contribution < 1.29 is 14.6 Å². The Kier molecular flexibility index (Phi) is 4.85. The quantitative estimate of drug-likeness (QED) is 0.870. The lowest BCUT2D eigenvalue weighted by atomic mass is 10.1. The van der Waals surface area contributed by atoms with Crippen LogP contribution in [0.2, 0.25) is 0 Å². The van der Waals surface area contributed by atoms with Gasteiger partial charge in [-0.1, -0.05) is 0 Å². The van der Waals surface area contributed by atoms with E-state index in [9.17, 15) is 9.90 Å². The highest BCUT2D eigenvalue weighted by molar-refractivity contribution is 7.09. The molecule has 0 bridgehead atoms. The van der Waals surface area contributed by atoms with Crippen LogP contribution in [-0.4, -0.2) is 51.9 Å². The van der Waals surface area contributed by atoms with E-state index in [-0.39, 0.29) is 18.2 Å². The molecule has 1 aromatic heterocycles. The predicted molar refractivity (Wildman–Crippen MR) is 81.3 cm³/mol. The van der Waals surface area contributed by atoms with Crippen LogP contribution in [0.1, 0.15) is 38.8 Å². The number of amides is 1. The Morgan fingerprint density at radius 3 is 2.90 bits per heavy atom. The number of nitrogens with one attached hydrogen (secondary N) is 1. The number of thiazole rings is 1. The molecule has 1 aromatic rings. The van der Waals surface area contributed by atoms with Crippen molar-refractivity contribution in [3.63, 3.8) is 0 Å². The SMILES string of the molecule is CC1CNC(C(O)c2nccs2)CN1C(=O)OC(C)(C)C. The zero-order valence-corrected chi connectivity index (χ0v) is 13.7. The van der Waals surface area contributed by atoms with Crippen molar-refractivity contribution in [2.24, 2.45) is 0 Å². The number of aromatic nitrogens is 1. The maximum absolute atomic E-state index is 12.3. The zero-order valence-electron chi connectivity index (χ0n) is 12.9. The number of hydrogen-bond acceptors (Lipinski definition) is 6. The molecule has 1 fully saturated rings. The maximum Gasteiger partial charge on any atom is 0.410 e.